The summed E-state index contributed by atoms with van der Waals surface area (Å²) in [6.07, 6.45) is 0. The summed E-state index contributed by atoms with van der Waals surface area (Å²) in [4.78, 5) is 14.4. The molecule has 0 radical (unpaired) electrons. The summed E-state index contributed by atoms with van der Waals surface area (Å²) < 4.78 is 0. The highest BCUT2D eigenvalue weighted by Crippen LogP contribution is 2.23. The zero-order valence-corrected chi connectivity index (χ0v) is 9.12. The van der Waals surface area contributed by atoms with Crippen LogP contribution in [0.1, 0.15) is 5.69 Å². The number of aromatic hydroxyl groups is 1. The number of benzene rings is 1. The lowest BCUT2D eigenvalue weighted by atomic mass is 10.1. The van der Waals surface area contributed by atoms with Gasteiger partial charge in [-0.3, -0.25) is 10.1 Å². The molecule has 0 unspecified atom stereocenters. The van der Waals surface area contributed by atoms with E-state index >= 15 is 0 Å². The Hall–Kier alpha value is -2.43. The Kier molecular flexibility index (Phi) is 2.74. The topological polar surface area (TPSA) is 76.3 Å². The SMILES string of the molecule is Cc1nc(-c2ccc(O)cc2)ccc1[N+](=O)[O-]. The minimum absolute atomic E-state index is 0.00697. The molecule has 0 saturated carbocycles. The quantitative estimate of drug-likeness (QED) is 0.635. The van der Waals surface area contributed by atoms with Gasteiger partial charge < -0.3 is 5.11 Å². The first-order valence-corrected chi connectivity index (χ1v) is 4.99. The predicted octanol–water partition coefficient (Wildman–Crippen LogP) is 2.67. The number of phenols is 1. The molecule has 86 valence electrons. The first-order valence-electron chi connectivity index (χ1n) is 4.99. The van der Waals surface area contributed by atoms with Gasteiger partial charge in [0, 0.05) is 11.6 Å². The van der Waals surface area contributed by atoms with Crippen molar-refractivity contribution in [2.75, 3.05) is 0 Å². The highest BCUT2D eigenvalue weighted by Gasteiger charge is 2.12. The van der Waals surface area contributed by atoms with E-state index in [4.69, 9.17) is 5.11 Å². The van der Waals surface area contributed by atoms with Gasteiger partial charge in [-0.15, -0.1) is 0 Å². The predicted molar refractivity (Wildman–Crippen MR) is 62.7 cm³/mol. The van der Waals surface area contributed by atoms with Crippen molar-refractivity contribution in [3.05, 3.63) is 52.2 Å². The average molecular weight is 230 g/mol. The van der Waals surface area contributed by atoms with E-state index in [1.54, 1.807) is 37.3 Å². The minimum atomic E-state index is -0.455. The van der Waals surface area contributed by atoms with Crippen LogP contribution in [-0.4, -0.2) is 15.0 Å². The summed E-state index contributed by atoms with van der Waals surface area (Å²) in [7, 11) is 0. The number of aryl methyl sites for hydroxylation is 1. The van der Waals surface area contributed by atoms with Gasteiger partial charge in [-0.25, -0.2) is 4.98 Å². The highest BCUT2D eigenvalue weighted by molar-refractivity contribution is 5.61. The number of hydrogen-bond acceptors (Lipinski definition) is 4. The van der Waals surface area contributed by atoms with Crippen molar-refractivity contribution >= 4 is 5.69 Å². The van der Waals surface area contributed by atoms with E-state index in [9.17, 15) is 10.1 Å². The number of nitro groups is 1. The fraction of sp³-hybridized carbons (Fsp3) is 0.0833. The smallest absolute Gasteiger partial charge is 0.290 e. The van der Waals surface area contributed by atoms with E-state index in [-0.39, 0.29) is 11.4 Å². The van der Waals surface area contributed by atoms with Crippen molar-refractivity contribution < 1.29 is 10.0 Å². The lowest BCUT2D eigenvalue weighted by molar-refractivity contribution is -0.385. The second-order valence-electron chi connectivity index (χ2n) is 3.61. The van der Waals surface area contributed by atoms with Crippen molar-refractivity contribution in [3.8, 4) is 17.0 Å². The third-order valence-corrected chi connectivity index (χ3v) is 2.42. The number of phenolic OH excluding ortho intramolecular Hbond substituents is 1. The molecule has 2 rings (SSSR count). The molecule has 5 nitrogen and oxygen atoms in total. The molecule has 1 aromatic carbocycles. The normalized spacial score (nSPS) is 10.2. The van der Waals surface area contributed by atoms with Crippen molar-refractivity contribution in [2.45, 2.75) is 6.92 Å². The number of hydrogen-bond donors (Lipinski definition) is 1. The lowest BCUT2D eigenvalue weighted by Gasteiger charge is -2.02. The van der Waals surface area contributed by atoms with Crippen LogP contribution >= 0.6 is 0 Å². The van der Waals surface area contributed by atoms with Crippen molar-refractivity contribution in [1.29, 1.82) is 0 Å². The van der Waals surface area contributed by atoms with Crippen LogP contribution in [0.5, 0.6) is 5.75 Å². The molecule has 1 aromatic heterocycles. The van der Waals surface area contributed by atoms with Crippen molar-refractivity contribution in [1.82, 2.24) is 4.98 Å². The van der Waals surface area contributed by atoms with Gasteiger partial charge in [-0.05, 0) is 37.3 Å². The molecule has 0 saturated heterocycles. The van der Waals surface area contributed by atoms with Crippen molar-refractivity contribution in [3.63, 3.8) is 0 Å². The second kappa shape index (κ2) is 4.21. The number of pyridine rings is 1. The minimum Gasteiger partial charge on any atom is -0.508 e. The maximum Gasteiger partial charge on any atom is 0.290 e. The van der Waals surface area contributed by atoms with Gasteiger partial charge in [0.05, 0.1) is 10.6 Å². The van der Waals surface area contributed by atoms with Gasteiger partial charge >= 0.3 is 0 Å². The van der Waals surface area contributed by atoms with E-state index in [2.05, 4.69) is 4.98 Å². The molecule has 1 heterocycles. The Morgan fingerprint density at radius 2 is 1.82 bits per heavy atom. The van der Waals surface area contributed by atoms with Crippen LogP contribution in [0.15, 0.2) is 36.4 Å². The molecule has 0 aliphatic heterocycles. The Morgan fingerprint density at radius 1 is 1.18 bits per heavy atom. The summed E-state index contributed by atoms with van der Waals surface area (Å²) in [5.74, 6) is 0.174. The van der Waals surface area contributed by atoms with E-state index in [0.717, 1.165) is 5.56 Å². The molecule has 0 aliphatic rings. The number of aromatic nitrogens is 1. The van der Waals surface area contributed by atoms with Gasteiger partial charge in [0.15, 0.2) is 0 Å². The van der Waals surface area contributed by atoms with Gasteiger partial charge in [-0.2, -0.15) is 0 Å². The first-order chi connectivity index (χ1) is 8.08. The standard InChI is InChI=1S/C12H10N2O3/c1-8-12(14(16)17)7-6-11(13-8)9-2-4-10(15)5-3-9/h2-7,15H,1H3. The van der Waals surface area contributed by atoms with E-state index in [1.807, 2.05) is 0 Å². The molecule has 0 atom stereocenters. The third-order valence-electron chi connectivity index (χ3n) is 2.42. The summed E-state index contributed by atoms with van der Waals surface area (Å²) in [6.45, 7) is 1.60. The summed E-state index contributed by atoms with van der Waals surface area (Å²) in [5.41, 5.74) is 1.84. The van der Waals surface area contributed by atoms with E-state index < -0.39 is 4.92 Å². The fourth-order valence-corrected chi connectivity index (χ4v) is 1.54. The molecule has 0 fully saturated rings. The van der Waals surface area contributed by atoms with Gasteiger partial charge in [0.25, 0.3) is 5.69 Å². The highest BCUT2D eigenvalue weighted by atomic mass is 16.6. The Balaban J connectivity index is 2.44. The molecule has 2 aromatic rings. The molecular weight excluding hydrogens is 220 g/mol. The maximum absolute atomic E-state index is 10.6. The van der Waals surface area contributed by atoms with Crippen LogP contribution < -0.4 is 0 Å². The fourth-order valence-electron chi connectivity index (χ4n) is 1.54. The molecule has 5 heteroatoms. The molecule has 1 N–H and O–H groups in total. The van der Waals surface area contributed by atoms with Crippen LogP contribution in [0.3, 0.4) is 0 Å². The molecule has 17 heavy (non-hydrogen) atoms. The van der Waals surface area contributed by atoms with Crippen LogP contribution in [0.25, 0.3) is 11.3 Å². The second-order valence-corrected chi connectivity index (χ2v) is 3.61. The molecular formula is C12H10N2O3. The van der Waals surface area contributed by atoms with Crippen LogP contribution in [0.2, 0.25) is 0 Å². The number of rotatable bonds is 2. The molecule has 0 spiro atoms. The molecule has 0 amide bonds. The van der Waals surface area contributed by atoms with Gasteiger partial charge in [0.2, 0.25) is 0 Å². The summed E-state index contributed by atoms with van der Waals surface area (Å²) in [5, 5.41) is 19.8. The first kappa shape index (κ1) is 11.1. The average Bonchev–Trinajstić information content (AvgIpc) is 2.29. The zero-order chi connectivity index (χ0) is 12.4. The molecule has 0 aliphatic carbocycles. The van der Waals surface area contributed by atoms with E-state index in [1.165, 1.54) is 6.07 Å². The summed E-state index contributed by atoms with van der Waals surface area (Å²) in [6, 6.07) is 9.55. The monoisotopic (exact) mass is 230 g/mol. The Morgan fingerprint density at radius 3 is 2.35 bits per heavy atom. The lowest BCUT2D eigenvalue weighted by Crippen LogP contribution is -1.95. The van der Waals surface area contributed by atoms with Crippen molar-refractivity contribution in [2.24, 2.45) is 0 Å². The Bertz CT molecular complexity index is 564. The maximum atomic E-state index is 10.6. The molecule has 0 bridgehead atoms. The van der Waals surface area contributed by atoms with Crippen LogP contribution in [-0.2, 0) is 0 Å². The van der Waals surface area contributed by atoms with Gasteiger partial charge in [-0.1, -0.05) is 0 Å². The van der Waals surface area contributed by atoms with E-state index in [0.29, 0.717) is 11.4 Å². The summed E-state index contributed by atoms with van der Waals surface area (Å²) >= 11 is 0. The van der Waals surface area contributed by atoms with Gasteiger partial charge in [0.1, 0.15) is 11.4 Å². The van der Waals surface area contributed by atoms with Crippen LogP contribution in [0.4, 0.5) is 5.69 Å². The Labute approximate surface area is 97.5 Å². The zero-order valence-electron chi connectivity index (χ0n) is 9.12. The van der Waals surface area contributed by atoms with Crippen LogP contribution in [0, 0.1) is 17.0 Å². The third kappa shape index (κ3) is 2.23. The largest absolute Gasteiger partial charge is 0.508 e. The number of nitrogens with zero attached hydrogens (tertiary/aromatic N) is 2.